The Morgan fingerprint density at radius 2 is 1.93 bits per heavy atom. The molecule has 3 aromatic rings. The molecule has 0 fully saturated rings. The van der Waals surface area contributed by atoms with Gasteiger partial charge >= 0.3 is 5.97 Å². The molecule has 0 aliphatic rings. The van der Waals surface area contributed by atoms with Gasteiger partial charge in [0.05, 0.1) is 28.0 Å². The lowest BCUT2D eigenvalue weighted by molar-refractivity contribution is -0.141. The van der Waals surface area contributed by atoms with E-state index >= 15 is 0 Å². The van der Waals surface area contributed by atoms with Crippen LogP contribution in [0.2, 0.25) is 0 Å². The second-order valence-corrected chi connectivity index (χ2v) is 9.65. The summed E-state index contributed by atoms with van der Waals surface area (Å²) in [5, 5.41) is 0. The third-order valence-electron chi connectivity index (χ3n) is 4.37. The predicted molar refractivity (Wildman–Crippen MR) is 111 cm³/mol. The van der Waals surface area contributed by atoms with Crippen LogP contribution in [0.5, 0.6) is 0 Å². The molecule has 0 aliphatic heterocycles. The van der Waals surface area contributed by atoms with Gasteiger partial charge in [-0.15, -0.1) is 0 Å². The Morgan fingerprint density at radius 3 is 2.62 bits per heavy atom. The van der Waals surface area contributed by atoms with Crippen LogP contribution in [0.15, 0.2) is 52.4 Å². The van der Waals surface area contributed by atoms with E-state index in [9.17, 15) is 18.0 Å². The van der Waals surface area contributed by atoms with Gasteiger partial charge in [0, 0.05) is 5.56 Å². The number of carbonyl (C=O) groups is 2. The van der Waals surface area contributed by atoms with E-state index in [2.05, 4.69) is 4.99 Å². The maximum absolute atomic E-state index is 12.7. The topological polar surface area (TPSA) is 94.8 Å². The molecule has 0 N–H and O–H groups in total. The molecular weight excluding hydrogens is 412 g/mol. The number of hydrogen-bond donors (Lipinski definition) is 0. The van der Waals surface area contributed by atoms with E-state index in [0.29, 0.717) is 4.80 Å². The van der Waals surface area contributed by atoms with Crippen LogP contribution in [0, 0.1) is 6.92 Å². The van der Waals surface area contributed by atoms with Crippen molar-refractivity contribution in [1.82, 2.24) is 4.57 Å². The summed E-state index contributed by atoms with van der Waals surface area (Å²) < 4.78 is 31.4. The van der Waals surface area contributed by atoms with E-state index in [1.807, 2.05) is 25.1 Å². The normalized spacial score (nSPS) is 12.3. The summed E-state index contributed by atoms with van der Waals surface area (Å²) >= 11 is 1.28. The molecule has 7 nitrogen and oxygen atoms in total. The first kappa shape index (κ1) is 20.9. The minimum atomic E-state index is -3.44. The Hall–Kier alpha value is -2.78. The molecule has 0 unspecified atom stereocenters. The molecular formula is C20H20N2O5S2. The van der Waals surface area contributed by atoms with E-state index in [1.54, 1.807) is 11.5 Å². The minimum Gasteiger partial charge on any atom is -0.468 e. The van der Waals surface area contributed by atoms with Crippen molar-refractivity contribution in [2.45, 2.75) is 25.3 Å². The summed E-state index contributed by atoms with van der Waals surface area (Å²) in [5.41, 5.74) is 1.97. The van der Waals surface area contributed by atoms with E-state index in [-0.39, 0.29) is 22.8 Å². The van der Waals surface area contributed by atoms with Gasteiger partial charge < -0.3 is 9.30 Å². The highest BCUT2D eigenvalue weighted by atomic mass is 32.2. The number of carbonyl (C=O) groups excluding carboxylic acids is 2. The molecule has 0 aliphatic carbocycles. The summed E-state index contributed by atoms with van der Waals surface area (Å²) in [7, 11) is -2.14. The summed E-state index contributed by atoms with van der Waals surface area (Å²) in [5.74, 6) is -1.11. The summed E-state index contributed by atoms with van der Waals surface area (Å²) in [4.78, 5) is 29.2. The Kier molecular flexibility index (Phi) is 5.99. The molecule has 0 saturated carbocycles. The third kappa shape index (κ3) is 4.46. The van der Waals surface area contributed by atoms with Gasteiger partial charge in [0.25, 0.3) is 5.91 Å². The van der Waals surface area contributed by atoms with Gasteiger partial charge in [0.15, 0.2) is 14.6 Å². The fraction of sp³-hybridized carbons (Fsp3) is 0.250. The second kappa shape index (κ2) is 8.30. The number of rotatable bonds is 5. The molecule has 9 heteroatoms. The molecule has 1 aromatic heterocycles. The van der Waals surface area contributed by atoms with Crippen LogP contribution in [0.25, 0.3) is 10.2 Å². The van der Waals surface area contributed by atoms with Gasteiger partial charge in [0.1, 0.15) is 6.54 Å². The molecule has 1 heterocycles. The average Bonchev–Trinajstić information content (AvgIpc) is 3.03. The minimum absolute atomic E-state index is 0.0589. The fourth-order valence-corrected chi connectivity index (χ4v) is 4.80. The molecule has 0 spiro atoms. The van der Waals surface area contributed by atoms with Crippen LogP contribution >= 0.6 is 11.3 Å². The van der Waals surface area contributed by atoms with Gasteiger partial charge in [-0.2, -0.15) is 4.99 Å². The first-order valence-electron chi connectivity index (χ1n) is 8.84. The number of methoxy groups -OCH3 is 1. The monoisotopic (exact) mass is 432 g/mol. The van der Waals surface area contributed by atoms with Crippen LogP contribution < -0.4 is 4.80 Å². The smallest absolute Gasteiger partial charge is 0.325 e. The van der Waals surface area contributed by atoms with Crippen molar-refractivity contribution in [3.05, 3.63) is 58.4 Å². The Bertz CT molecular complexity index is 1270. The number of nitrogens with zero attached hydrogens (tertiary/aromatic N) is 2. The summed E-state index contributed by atoms with van der Waals surface area (Å²) in [6, 6.07) is 11.5. The third-order valence-corrected chi connectivity index (χ3v) is 7.14. The van der Waals surface area contributed by atoms with Crippen LogP contribution in [-0.4, -0.2) is 37.7 Å². The van der Waals surface area contributed by atoms with Gasteiger partial charge in [-0.1, -0.05) is 30.4 Å². The highest BCUT2D eigenvalue weighted by Crippen LogP contribution is 2.19. The number of sulfone groups is 1. The maximum Gasteiger partial charge on any atom is 0.325 e. The molecule has 0 atom stereocenters. The molecule has 0 saturated heterocycles. The first-order chi connectivity index (χ1) is 13.7. The van der Waals surface area contributed by atoms with Gasteiger partial charge in [-0.05, 0) is 42.8 Å². The number of aromatic nitrogens is 1. The number of aryl methyl sites for hydroxylation is 1. The first-order valence-corrected chi connectivity index (χ1v) is 11.3. The van der Waals surface area contributed by atoms with Gasteiger partial charge in [-0.25, -0.2) is 8.42 Å². The fourth-order valence-electron chi connectivity index (χ4n) is 2.75. The van der Waals surface area contributed by atoms with Gasteiger partial charge in [-0.3, -0.25) is 9.59 Å². The lowest BCUT2D eigenvalue weighted by Gasteiger charge is -2.04. The Balaban J connectivity index is 2.12. The largest absolute Gasteiger partial charge is 0.468 e. The van der Waals surface area contributed by atoms with Crippen molar-refractivity contribution in [3.8, 4) is 0 Å². The number of hydrogen-bond acceptors (Lipinski definition) is 6. The number of thiazole rings is 1. The SMILES string of the molecule is CCS(=O)(=O)c1cccc(C(=O)N=c2sc3cc(C)ccc3n2CC(=O)OC)c1. The average molecular weight is 433 g/mol. The lowest BCUT2D eigenvalue weighted by Crippen LogP contribution is -2.22. The van der Waals surface area contributed by atoms with Crippen molar-refractivity contribution >= 4 is 43.3 Å². The molecule has 1 amide bonds. The van der Waals surface area contributed by atoms with Crippen molar-refractivity contribution in [2.24, 2.45) is 4.99 Å². The molecule has 3 rings (SSSR count). The van der Waals surface area contributed by atoms with Crippen molar-refractivity contribution in [1.29, 1.82) is 0 Å². The Morgan fingerprint density at radius 1 is 1.17 bits per heavy atom. The number of esters is 1. The second-order valence-electron chi connectivity index (χ2n) is 6.37. The van der Waals surface area contributed by atoms with Gasteiger partial charge in [0.2, 0.25) is 0 Å². The quantitative estimate of drug-likeness (QED) is 0.578. The summed E-state index contributed by atoms with van der Waals surface area (Å²) in [6.07, 6.45) is 0. The van der Waals surface area contributed by atoms with Crippen LogP contribution in [-0.2, 0) is 25.9 Å². The lowest BCUT2D eigenvalue weighted by atomic mass is 10.2. The molecule has 0 radical (unpaired) electrons. The molecule has 2 aromatic carbocycles. The van der Waals surface area contributed by atoms with E-state index in [0.717, 1.165) is 15.8 Å². The van der Waals surface area contributed by atoms with Crippen molar-refractivity contribution in [2.75, 3.05) is 12.9 Å². The molecule has 152 valence electrons. The number of ether oxygens (including phenoxy) is 1. The number of amides is 1. The molecule has 0 bridgehead atoms. The van der Waals surface area contributed by atoms with E-state index in [4.69, 9.17) is 4.74 Å². The zero-order valence-electron chi connectivity index (χ0n) is 16.2. The van der Waals surface area contributed by atoms with Crippen molar-refractivity contribution < 1.29 is 22.7 Å². The standard InChI is InChI=1S/C20H20N2O5S2/c1-4-29(25,26)15-7-5-6-14(11-15)19(24)21-20-22(12-18(23)27-3)16-9-8-13(2)10-17(16)28-20/h5-11H,4,12H2,1-3H3. The predicted octanol–water partition coefficient (Wildman–Crippen LogP) is 2.72. The van der Waals surface area contributed by atoms with Crippen molar-refractivity contribution in [3.63, 3.8) is 0 Å². The maximum atomic E-state index is 12.7. The van der Waals surface area contributed by atoms with E-state index < -0.39 is 21.7 Å². The number of benzene rings is 2. The zero-order valence-corrected chi connectivity index (χ0v) is 17.8. The summed E-state index contributed by atoms with van der Waals surface area (Å²) in [6.45, 7) is 3.41. The molecule has 29 heavy (non-hydrogen) atoms. The number of fused-ring (bicyclic) bond motifs is 1. The van der Waals surface area contributed by atoms with Crippen LogP contribution in [0.4, 0.5) is 0 Å². The van der Waals surface area contributed by atoms with E-state index in [1.165, 1.54) is 42.7 Å². The zero-order chi connectivity index (χ0) is 21.2. The highest BCUT2D eigenvalue weighted by molar-refractivity contribution is 7.91. The van der Waals surface area contributed by atoms with Crippen LogP contribution in [0.1, 0.15) is 22.8 Å². The highest BCUT2D eigenvalue weighted by Gasteiger charge is 2.16. The van der Waals surface area contributed by atoms with Crippen LogP contribution in [0.3, 0.4) is 0 Å². The Labute approximate surface area is 172 Å².